The molecule has 7 heteroatoms. The van der Waals surface area contributed by atoms with Gasteiger partial charge in [0, 0.05) is 18.4 Å². The molecule has 0 saturated heterocycles. The van der Waals surface area contributed by atoms with Crippen molar-refractivity contribution < 1.29 is 23.5 Å². The Hall–Kier alpha value is -2.49. The van der Waals surface area contributed by atoms with E-state index in [-0.39, 0.29) is 6.42 Å². The molecule has 0 fully saturated rings. The third-order valence-electron chi connectivity index (χ3n) is 2.71. The van der Waals surface area contributed by atoms with E-state index in [1.165, 1.54) is 6.92 Å². The van der Waals surface area contributed by atoms with E-state index < -0.39 is 41.0 Å². The zero-order valence-electron chi connectivity index (χ0n) is 10.6. The summed E-state index contributed by atoms with van der Waals surface area (Å²) in [6, 6.07) is 2.82. The molecule has 1 aromatic carbocycles. The molecule has 0 aliphatic carbocycles. The van der Waals surface area contributed by atoms with Crippen LogP contribution >= 0.6 is 0 Å². The van der Waals surface area contributed by atoms with Gasteiger partial charge in [-0.15, -0.1) is 0 Å². The maximum atomic E-state index is 13.4. The third kappa shape index (κ3) is 3.75. The Morgan fingerprint density at radius 3 is 2.60 bits per heavy atom. The number of benzene rings is 1. The van der Waals surface area contributed by atoms with Crippen LogP contribution in [0.25, 0.3) is 0 Å². The van der Waals surface area contributed by atoms with Gasteiger partial charge in [-0.05, 0) is 12.1 Å². The summed E-state index contributed by atoms with van der Waals surface area (Å²) in [5, 5.41) is 19.7. The highest BCUT2D eigenvalue weighted by Crippen LogP contribution is 2.12. The number of halogens is 2. The van der Waals surface area contributed by atoms with Gasteiger partial charge in [-0.1, -0.05) is 6.92 Å². The van der Waals surface area contributed by atoms with Crippen molar-refractivity contribution >= 4 is 11.9 Å². The zero-order valence-corrected chi connectivity index (χ0v) is 10.6. The first-order valence-corrected chi connectivity index (χ1v) is 5.72. The molecule has 0 bridgehead atoms. The van der Waals surface area contributed by atoms with Gasteiger partial charge in [-0.3, -0.25) is 4.79 Å². The Morgan fingerprint density at radius 2 is 2.10 bits per heavy atom. The molecule has 1 amide bonds. The monoisotopic (exact) mass is 282 g/mol. The molecule has 0 saturated carbocycles. The number of hydrogen-bond acceptors (Lipinski definition) is 3. The lowest BCUT2D eigenvalue weighted by molar-refractivity contribution is -0.140. The first-order chi connectivity index (χ1) is 9.36. The van der Waals surface area contributed by atoms with Crippen molar-refractivity contribution in [2.75, 3.05) is 0 Å². The second kappa shape index (κ2) is 6.61. The van der Waals surface area contributed by atoms with E-state index in [0.717, 1.165) is 12.1 Å². The van der Waals surface area contributed by atoms with E-state index in [1.54, 1.807) is 6.07 Å². The summed E-state index contributed by atoms with van der Waals surface area (Å²) in [7, 11) is 0. The molecule has 0 spiro atoms. The normalized spacial score (nSPS) is 13.1. The highest BCUT2D eigenvalue weighted by Gasteiger charge is 2.27. The Labute approximate surface area is 113 Å². The maximum Gasteiger partial charge on any atom is 0.326 e. The topological polar surface area (TPSA) is 90.2 Å². The van der Waals surface area contributed by atoms with Crippen molar-refractivity contribution in [3.63, 3.8) is 0 Å². The minimum absolute atomic E-state index is 0.0802. The van der Waals surface area contributed by atoms with E-state index in [0.29, 0.717) is 6.07 Å². The first kappa shape index (κ1) is 15.6. The Balaban J connectivity index is 2.91. The van der Waals surface area contributed by atoms with E-state index in [9.17, 15) is 18.4 Å². The third-order valence-corrected chi connectivity index (χ3v) is 2.71. The molecule has 0 aliphatic rings. The van der Waals surface area contributed by atoms with Gasteiger partial charge in [0.05, 0.1) is 11.6 Å². The number of rotatable bonds is 5. The lowest BCUT2D eigenvalue weighted by Crippen LogP contribution is -2.45. The van der Waals surface area contributed by atoms with Crippen LogP contribution in [0.15, 0.2) is 18.2 Å². The summed E-state index contributed by atoms with van der Waals surface area (Å²) in [5.41, 5.74) is -0.457. The number of carboxylic acid groups (broad SMARTS) is 1. The molecule has 106 valence electrons. The SMILES string of the molecule is C[C@@H](CC#N)[C@H](NC(=O)c1ccc(F)cc1F)C(=O)O. The van der Waals surface area contributed by atoms with Crippen LogP contribution in [-0.4, -0.2) is 23.0 Å². The summed E-state index contributed by atoms with van der Waals surface area (Å²) in [4.78, 5) is 22.8. The average molecular weight is 282 g/mol. The summed E-state index contributed by atoms with van der Waals surface area (Å²) in [6.45, 7) is 1.48. The van der Waals surface area contributed by atoms with Crippen LogP contribution in [0.3, 0.4) is 0 Å². The summed E-state index contributed by atoms with van der Waals surface area (Å²) in [6.07, 6.45) is -0.0802. The summed E-state index contributed by atoms with van der Waals surface area (Å²) < 4.78 is 26.1. The Morgan fingerprint density at radius 1 is 1.45 bits per heavy atom. The number of nitriles is 1. The fourth-order valence-corrected chi connectivity index (χ4v) is 1.60. The quantitative estimate of drug-likeness (QED) is 0.860. The molecular weight excluding hydrogens is 270 g/mol. The number of hydrogen-bond donors (Lipinski definition) is 2. The molecule has 0 unspecified atom stereocenters. The molecule has 0 radical (unpaired) electrons. The second-order valence-corrected chi connectivity index (χ2v) is 4.25. The predicted molar refractivity (Wildman–Crippen MR) is 64.6 cm³/mol. The summed E-state index contributed by atoms with van der Waals surface area (Å²) >= 11 is 0. The van der Waals surface area contributed by atoms with Crippen LogP contribution in [0.2, 0.25) is 0 Å². The number of amides is 1. The van der Waals surface area contributed by atoms with Gasteiger partial charge < -0.3 is 10.4 Å². The number of carboxylic acids is 1. The molecule has 5 nitrogen and oxygen atoms in total. The molecule has 2 atom stereocenters. The molecular formula is C13H12F2N2O3. The van der Waals surface area contributed by atoms with Crippen LogP contribution in [0.4, 0.5) is 8.78 Å². The molecule has 0 aliphatic heterocycles. The number of nitrogens with zero attached hydrogens (tertiary/aromatic N) is 1. The Kier molecular flexibility index (Phi) is 5.15. The van der Waals surface area contributed by atoms with Crippen molar-refractivity contribution in [1.29, 1.82) is 5.26 Å². The molecule has 0 heterocycles. The lowest BCUT2D eigenvalue weighted by Gasteiger charge is -2.19. The zero-order chi connectivity index (χ0) is 15.3. The van der Waals surface area contributed by atoms with Crippen molar-refractivity contribution in [1.82, 2.24) is 5.32 Å². The molecule has 1 aromatic rings. The van der Waals surface area contributed by atoms with Gasteiger partial charge in [-0.25, -0.2) is 13.6 Å². The smallest absolute Gasteiger partial charge is 0.326 e. The van der Waals surface area contributed by atoms with Gasteiger partial charge in [0.15, 0.2) is 0 Å². The second-order valence-electron chi connectivity index (χ2n) is 4.25. The minimum Gasteiger partial charge on any atom is -0.480 e. The van der Waals surface area contributed by atoms with E-state index in [2.05, 4.69) is 5.32 Å². The highest BCUT2D eigenvalue weighted by molar-refractivity contribution is 5.96. The van der Waals surface area contributed by atoms with E-state index >= 15 is 0 Å². The number of carbonyl (C=O) groups excluding carboxylic acids is 1. The largest absolute Gasteiger partial charge is 0.480 e. The van der Waals surface area contributed by atoms with Crippen molar-refractivity contribution in [3.05, 3.63) is 35.4 Å². The average Bonchev–Trinajstić information content (AvgIpc) is 2.35. The fourth-order valence-electron chi connectivity index (χ4n) is 1.60. The first-order valence-electron chi connectivity index (χ1n) is 5.72. The van der Waals surface area contributed by atoms with Crippen molar-refractivity contribution in [3.8, 4) is 6.07 Å². The van der Waals surface area contributed by atoms with Gasteiger partial charge >= 0.3 is 5.97 Å². The maximum absolute atomic E-state index is 13.4. The van der Waals surface area contributed by atoms with E-state index in [4.69, 9.17) is 10.4 Å². The minimum atomic E-state index is -1.33. The van der Waals surface area contributed by atoms with Crippen molar-refractivity contribution in [2.24, 2.45) is 5.92 Å². The molecule has 20 heavy (non-hydrogen) atoms. The van der Waals surface area contributed by atoms with Crippen LogP contribution in [-0.2, 0) is 4.79 Å². The molecule has 1 rings (SSSR count). The number of nitrogens with one attached hydrogen (secondary N) is 1. The van der Waals surface area contributed by atoms with Gasteiger partial charge in [-0.2, -0.15) is 5.26 Å². The van der Waals surface area contributed by atoms with Crippen LogP contribution in [0, 0.1) is 28.9 Å². The Bertz CT molecular complexity index is 569. The summed E-state index contributed by atoms with van der Waals surface area (Å²) in [5.74, 6) is -4.88. The standard InChI is InChI=1S/C13H12F2N2O3/c1-7(4-5-16)11(13(19)20)17-12(18)9-3-2-8(14)6-10(9)15/h2-3,6-7,11H,4H2,1H3,(H,17,18)(H,19,20)/t7-,11-/m0/s1. The van der Waals surface area contributed by atoms with Crippen molar-refractivity contribution in [2.45, 2.75) is 19.4 Å². The highest BCUT2D eigenvalue weighted by atomic mass is 19.1. The van der Waals surface area contributed by atoms with Crippen LogP contribution in [0.5, 0.6) is 0 Å². The van der Waals surface area contributed by atoms with E-state index in [1.807, 2.05) is 0 Å². The lowest BCUT2D eigenvalue weighted by atomic mass is 9.98. The van der Waals surface area contributed by atoms with Crippen LogP contribution in [0.1, 0.15) is 23.7 Å². The number of carbonyl (C=O) groups is 2. The van der Waals surface area contributed by atoms with Gasteiger partial charge in [0.25, 0.3) is 5.91 Å². The van der Waals surface area contributed by atoms with Gasteiger partial charge in [0.2, 0.25) is 0 Å². The predicted octanol–water partition coefficient (Wildman–Crippen LogP) is 1.70. The van der Waals surface area contributed by atoms with Gasteiger partial charge in [0.1, 0.15) is 17.7 Å². The fraction of sp³-hybridized carbons (Fsp3) is 0.308. The van der Waals surface area contributed by atoms with Crippen LogP contribution < -0.4 is 5.32 Å². The number of aliphatic carboxylic acids is 1. The molecule has 2 N–H and O–H groups in total. The molecule has 0 aromatic heterocycles.